The molecule has 104 valence electrons. The number of carbonyl (C=O) groups excluding carboxylic acids is 1. The average molecular weight is 285 g/mol. The Morgan fingerprint density at radius 1 is 1.32 bits per heavy atom. The average Bonchev–Trinajstić information content (AvgIpc) is 2.85. The zero-order chi connectivity index (χ0) is 14.0. The maximum absolute atomic E-state index is 12.6. The Kier molecular flexibility index (Phi) is 4.02. The Morgan fingerprint density at radius 2 is 1.95 bits per heavy atom. The molecule has 2 rings (SSSR count). The second-order valence-electron chi connectivity index (χ2n) is 4.70. The van der Waals surface area contributed by atoms with E-state index in [1.807, 2.05) is 0 Å². The van der Waals surface area contributed by atoms with Crippen molar-refractivity contribution in [3.8, 4) is 11.5 Å². The van der Waals surface area contributed by atoms with Gasteiger partial charge in [0.15, 0.2) is 17.3 Å². The van der Waals surface area contributed by atoms with Crippen molar-refractivity contribution in [3.05, 3.63) is 22.7 Å². The van der Waals surface area contributed by atoms with E-state index in [0.29, 0.717) is 35.1 Å². The monoisotopic (exact) mass is 284 g/mol. The predicted molar refractivity (Wildman–Crippen MR) is 72.5 cm³/mol. The van der Waals surface area contributed by atoms with Gasteiger partial charge in [0.2, 0.25) is 0 Å². The van der Waals surface area contributed by atoms with Crippen molar-refractivity contribution >= 4 is 17.4 Å². The van der Waals surface area contributed by atoms with Crippen LogP contribution in [0.25, 0.3) is 0 Å². The minimum atomic E-state index is -0.788. The van der Waals surface area contributed by atoms with E-state index >= 15 is 0 Å². The molecule has 1 unspecified atom stereocenters. The topological polar surface area (TPSA) is 44.8 Å². The van der Waals surface area contributed by atoms with Crippen molar-refractivity contribution in [3.63, 3.8) is 0 Å². The van der Waals surface area contributed by atoms with Crippen LogP contribution in [0, 0.1) is 0 Å². The zero-order valence-corrected chi connectivity index (χ0v) is 12.0. The van der Waals surface area contributed by atoms with Gasteiger partial charge in [0.05, 0.1) is 19.2 Å². The molecule has 1 fully saturated rings. The highest BCUT2D eigenvalue weighted by atomic mass is 35.5. The van der Waals surface area contributed by atoms with E-state index in [2.05, 4.69) is 0 Å². The molecular weight excluding hydrogens is 268 g/mol. The molecule has 1 aromatic carbocycles. The molecule has 0 amide bonds. The van der Waals surface area contributed by atoms with E-state index in [0.717, 1.165) is 6.42 Å². The smallest absolute Gasteiger partial charge is 0.195 e. The summed E-state index contributed by atoms with van der Waals surface area (Å²) in [6.07, 6.45) is 1.59. The first-order valence-electron chi connectivity index (χ1n) is 6.12. The summed E-state index contributed by atoms with van der Waals surface area (Å²) in [6.45, 7) is 2.41. The molecule has 1 aromatic rings. The van der Waals surface area contributed by atoms with E-state index in [4.69, 9.17) is 25.8 Å². The van der Waals surface area contributed by atoms with Crippen molar-refractivity contribution in [2.75, 3.05) is 20.8 Å². The standard InChI is InChI=1S/C14H17ClO4/c1-14(5-4-6-19-14)13(16)9-7-11(17-2)12(18-3)8-10(9)15/h7-8H,4-6H2,1-3H3. The van der Waals surface area contributed by atoms with E-state index in [1.165, 1.54) is 14.2 Å². The third kappa shape index (κ3) is 2.55. The van der Waals surface area contributed by atoms with Gasteiger partial charge in [0.25, 0.3) is 0 Å². The zero-order valence-electron chi connectivity index (χ0n) is 11.3. The van der Waals surface area contributed by atoms with Crippen LogP contribution in [0.2, 0.25) is 5.02 Å². The van der Waals surface area contributed by atoms with Gasteiger partial charge in [-0.05, 0) is 25.8 Å². The van der Waals surface area contributed by atoms with Crippen molar-refractivity contribution in [1.29, 1.82) is 0 Å². The maximum Gasteiger partial charge on any atom is 0.195 e. The number of methoxy groups -OCH3 is 2. The van der Waals surface area contributed by atoms with Gasteiger partial charge >= 0.3 is 0 Å². The fourth-order valence-corrected chi connectivity index (χ4v) is 2.51. The molecule has 19 heavy (non-hydrogen) atoms. The molecule has 1 aliphatic heterocycles. The Labute approximate surface area is 117 Å². The van der Waals surface area contributed by atoms with Gasteiger partial charge in [-0.15, -0.1) is 0 Å². The van der Waals surface area contributed by atoms with E-state index in [1.54, 1.807) is 19.1 Å². The molecule has 1 aliphatic rings. The van der Waals surface area contributed by atoms with Crippen molar-refractivity contribution in [2.24, 2.45) is 0 Å². The maximum atomic E-state index is 12.6. The van der Waals surface area contributed by atoms with Crippen molar-refractivity contribution in [2.45, 2.75) is 25.4 Å². The number of carbonyl (C=O) groups is 1. The van der Waals surface area contributed by atoms with Crippen LogP contribution in [0.5, 0.6) is 11.5 Å². The highest BCUT2D eigenvalue weighted by Gasteiger charge is 2.39. The summed E-state index contributed by atoms with van der Waals surface area (Å²) in [6, 6.07) is 3.20. The van der Waals surface area contributed by atoms with Crippen LogP contribution in [0.15, 0.2) is 12.1 Å². The predicted octanol–water partition coefficient (Wildman–Crippen LogP) is 3.11. The minimum absolute atomic E-state index is 0.115. The van der Waals surface area contributed by atoms with Crippen LogP contribution in [0.1, 0.15) is 30.1 Å². The number of Topliss-reactive ketones (excluding diaryl/α,β-unsaturated/α-hetero) is 1. The number of ketones is 1. The summed E-state index contributed by atoms with van der Waals surface area (Å²) in [7, 11) is 3.05. The van der Waals surface area contributed by atoms with Crippen LogP contribution in [0.4, 0.5) is 0 Å². The highest BCUT2D eigenvalue weighted by molar-refractivity contribution is 6.34. The molecule has 5 heteroatoms. The Bertz CT molecular complexity index is 492. The summed E-state index contributed by atoms with van der Waals surface area (Å²) in [5.41, 5.74) is -0.382. The first kappa shape index (κ1) is 14.2. The second kappa shape index (κ2) is 5.39. The normalized spacial score (nSPS) is 22.3. The number of rotatable bonds is 4. The lowest BCUT2D eigenvalue weighted by Crippen LogP contribution is -2.34. The molecule has 1 saturated heterocycles. The van der Waals surface area contributed by atoms with Crippen LogP contribution in [-0.2, 0) is 4.74 Å². The number of hydrogen-bond acceptors (Lipinski definition) is 4. The Hall–Kier alpha value is -1.26. The molecule has 0 aliphatic carbocycles. The molecule has 0 N–H and O–H groups in total. The van der Waals surface area contributed by atoms with Crippen LogP contribution >= 0.6 is 11.6 Å². The highest BCUT2D eigenvalue weighted by Crippen LogP contribution is 2.37. The molecular formula is C14H17ClO4. The first-order chi connectivity index (χ1) is 9.01. The largest absolute Gasteiger partial charge is 0.493 e. The summed E-state index contributed by atoms with van der Waals surface area (Å²) in [5, 5.41) is 0.347. The van der Waals surface area contributed by atoms with Gasteiger partial charge in [-0.2, -0.15) is 0 Å². The SMILES string of the molecule is COc1cc(Cl)c(C(=O)C2(C)CCCO2)cc1OC. The molecule has 0 saturated carbocycles. The van der Waals surface area contributed by atoms with Crippen molar-refractivity contribution < 1.29 is 19.0 Å². The fraction of sp³-hybridized carbons (Fsp3) is 0.500. The number of ether oxygens (including phenoxy) is 3. The molecule has 4 nitrogen and oxygen atoms in total. The Morgan fingerprint density at radius 3 is 2.47 bits per heavy atom. The Balaban J connectivity index is 2.42. The molecule has 0 bridgehead atoms. The van der Waals surface area contributed by atoms with Crippen molar-refractivity contribution in [1.82, 2.24) is 0 Å². The van der Waals surface area contributed by atoms with Gasteiger partial charge in [-0.1, -0.05) is 11.6 Å². The second-order valence-corrected chi connectivity index (χ2v) is 5.11. The number of hydrogen-bond donors (Lipinski definition) is 0. The van der Waals surface area contributed by atoms with Crippen LogP contribution in [0.3, 0.4) is 0 Å². The number of halogens is 1. The summed E-state index contributed by atoms with van der Waals surface area (Å²) < 4.78 is 15.9. The van der Waals surface area contributed by atoms with Gasteiger partial charge in [-0.3, -0.25) is 4.79 Å². The van der Waals surface area contributed by atoms with Crippen LogP contribution in [-0.4, -0.2) is 32.2 Å². The fourth-order valence-electron chi connectivity index (χ4n) is 2.27. The lowest BCUT2D eigenvalue weighted by atomic mass is 9.92. The lowest BCUT2D eigenvalue weighted by Gasteiger charge is -2.22. The van der Waals surface area contributed by atoms with Gasteiger partial charge in [-0.25, -0.2) is 0 Å². The van der Waals surface area contributed by atoms with Gasteiger partial charge < -0.3 is 14.2 Å². The third-order valence-electron chi connectivity index (χ3n) is 3.42. The lowest BCUT2D eigenvalue weighted by molar-refractivity contribution is 0.0213. The van der Waals surface area contributed by atoms with E-state index in [9.17, 15) is 4.79 Å². The van der Waals surface area contributed by atoms with Gasteiger partial charge in [0.1, 0.15) is 5.60 Å². The molecule has 1 heterocycles. The molecule has 1 atom stereocenters. The van der Waals surface area contributed by atoms with Gasteiger partial charge in [0, 0.05) is 18.2 Å². The van der Waals surface area contributed by atoms with E-state index < -0.39 is 5.60 Å². The summed E-state index contributed by atoms with van der Waals surface area (Å²) in [4.78, 5) is 12.6. The quantitative estimate of drug-likeness (QED) is 0.797. The van der Waals surface area contributed by atoms with E-state index in [-0.39, 0.29) is 5.78 Å². The minimum Gasteiger partial charge on any atom is -0.493 e. The first-order valence-corrected chi connectivity index (χ1v) is 6.50. The summed E-state index contributed by atoms with van der Waals surface area (Å²) in [5.74, 6) is 0.870. The molecule has 0 spiro atoms. The number of benzene rings is 1. The van der Waals surface area contributed by atoms with Crippen LogP contribution < -0.4 is 9.47 Å². The third-order valence-corrected chi connectivity index (χ3v) is 3.73. The molecule has 0 radical (unpaired) electrons. The summed E-state index contributed by atoms with van der Waals surface area (Å²) >= 11 is 6.16. The molecule has 0 aromatic heterocycles.